The van der Waals surface area contributed by atoms with Crippen LogP contribution in [-0.4, -0.2) is 16.3 Å². The predicted molar refractivity (Wildman–Crippen MR) is 57.0 cm³/mol. The fourth-order valence-corrected chi connectivity index (χ4v) is 4.35. The molecule has 0 saturated carbocycles. The normalized spacial score (nSPS) is 37.8. The third-order valence-corrected chi connectivity index (χ3v) is 4.87. The summed E-state index contributed by atoms with van der Waals surface area (Å²) in [5.41, 5.74) is 0. The Morgan fingerprint density at radius 1 is 1.31 bits per heavy atom. The lowest BCUT2D eigenvalue weighted by atomic mass is 9.92. The van der Waals surface area contributed by atoms with Gasteiger partial charge in [-0.05, 0) is 32.1 Å². The molecule has 0 amide bonds. The van der Waals surface area contributed by atoms with Crippen molar-refractivity contribution in [2.75, 3.05) is 0 Å². The molecule has 1 nitrogen and oxygen atoms in total. The minimum absolute atomic E-state index is 0.429. The highest BCUT2D eigenvalue weighted by Gasteiger charge is 2.36. The van der Waals surface area contributed by atoms with Gasteiger partial charge in [0.25, 0.3) is 0 Å². The maximum atomic E-state index is 11.7. The number of carbonyl (C=O) groups excluding carboxylic acids is 1. The second kappa shape index (κ2) is 4.04. The van der Waals surface area contributed by atoms with Crippen LogP contribution in [-0.2, 0) is 4.79 Å². The van der Waals surface area contributed by atoms with E-state index in [1.54, 1.807) is 0 Å². The molecule has 0 aromatic carbocycles. The van der Waals surface area contributed by atoms with E-state index in [-0.39, 0.29) is 0 Å². The van der Waals surface area contributed by atoms with Crippen LogP contribution in [0.2, 0.25) is 0 Å². The van der Waals surface area contributed by atoms with E-state index in [9.17, 15) is 4.79 Å². The molecule has 2 unspecified atom stereocenters. The first-order valence-corrected chi connectivity index (χ1v) is 6.42. The van der Waals surface area contributed by atoms with Crippen molar-refractivity contribution in [1.82, 2.24) is 0 Å². The second-order valence-corrected chi connectivity index (χ2v) is 5.95. The number of Topliss-reactive ketones (excluding diaryl/α,β-unsaturated/α-hetero) is 1. The topological polar surface area (TPSA) is 17.1 Å². The minimum atomic E-state index is 0.429. The summed E-state index contributed by atoms with van der Waals surface area (Å²) in [5, 5.41) is 1.65. The summed E-state index contributed by atoms with van der Waals surface area (Å²) in [6, 6.07) is 0. The molecule has 2 heteroatoms. The third kappa shape index (κ3) is 2.09. The smallest absolute Gasteiger partial charge is 0.136 e. The van der Waals surface area contributed by atoms with Crippen molar-refractivity contribution in [2.24, 2.45) is 5.92 Å². The molecule has 0 aliphatic carbocycles. The fourth-order valence-electron chi connectivity index (χ4n) is 2.57. The van der Waals surface area contributed by atoms with Gasteiger partial charge in [-0.3, -0.25) is 4.79 Å². The second-order valence-electron chi connectivity index (χ2n) is 4.34. The summed E-state index contributed by atoms with van der Waals surface area (Å²) in [7, 11) is 0. The number of carbonyl (C=O) groups is 1. The van der Waals surface area contributed by atoms with E-state index in [1.165, 1.54) is 25.7 Å². The molecule has 2 heterocycles. The van der Waals surface area contributed by atoms with Gasteiger partial charge < -0.3 is 0 Å². The predicted octanol–water partition coefficient (Wildman–Crippen LogP) is 3.03. The van der Waals surface area contributed by atoms with E-state index in [2.05, 4.69) is 18.7 Å². The Balaban J connectivity index is 1.91. The number of rotatable bonds is 3. The van der Waals surface area contributed by atoms with Crippen molar-refractivity contribution < 1.29 is 4.79 Å². The number of thioether (sulfide) groups is 1. The highest BCUT2D eigenvalue weighted by atomic mass is 32.2. The largest absolute Gasteiger partial charge is 0.299 e. The Morgan fingerprint density at radius 3 is 2.46 bits per heavy atom. The van der Waals surface area contributed by atoms with Gasteiger partial charge in [0, 0.05) is 22.8 Å². The quantitative estimate of drug-likeness (QED) is 0.693. The Kier molecular flexibility index (Phi) is 2.97. The molecular weight excluding hydrogens is 180 g/mol. The summed E-state index contributed by atoms with van der Waals surface area (Å²) in [5.74, 6) is 0.971. The molecule has 2 rings (SSSR count). The van der Waals surface area contributed by atoms with Gasteiger partial charge in [-0.1, -0.05) is 6.92 Å². The maximum Gasteiger partial charge on any atom is 0.136 e. The van der Waals surface area contributed by atoms with Crippen LogP contribution in [0, 0.1) is 5.92 Å². The van der Waals surface area contributed by atoms with Gasteiger partial charge in [-0.15, -0.1) is 0 Å². The Labute approximate surface area is 84.7 Å². The van der Waals surface area contributed by atoms with E-state index in [4.69, 9.17) is 0 Å². The summed E-state index contributed by atoms with van der Waals surface area (Å²) >= 11 is 2.14. The zero-order valence-corrected chi connectivity index (χ0v) is 9.11. The number of ketones is 1. The first-order valence-electron chi connectivity index (χ1n) is 5.47. The van der Waals surface area contributed by atoms with Gasteiger partial charge in [0.2, 0.25) is 0 Å². The molecule has 0 aromatic rings. The van der Waals surface area contributed by atoms with E-state index < -0.39 is 0 Å². The van der Waals surface area contributed by atoms with Gasteiger partial charge in [0.1, 0.15) is 5.78 Å². The molecule has 13 heavy (non-hydrogen) atoms. The molecule has 2 fully saturated rings. The first-order chi connectivity index (χ1) is 6.29. The zero-order chi connectivity index (χ0) is 9.26. The zero-order valence-electron chi connectivity index (χ0n) is 8.29. The van der Waals surface area contributed by atoms with Crippen LogP contribution >= 0.6 is 11.8 Å². The van der Waals surface area contributed by atoms with Crippen LogP contribution < -0.4 is 0 Å². The van der Waals surface area contributed by atoms with E-state index in [1.807, 2.05) is 0 Å². The van der Waals surface area contributed by atoms with Crippen molar-refractivity contribution >= 4 is 17.5 Å². The minimum Gasteiger partial charge on any atom is -0.299 e. The van der Waals surface area contributed by atoms with Crippen molar-refractivity contribution in [2.45, 2.75) is 55.9 Å². The van der Waals surface area contributed by atoms with Gasteiger partial charge in [0.05, 0.1) is 0 Å². The van der Waals surface area contributed by atoms with Crippen LogP contribution in [0.5, 0.6) is 0 Å². The third-order valence-electron chi connectivity index (χ3n) is 3.24. The standard InChI is InChI=1S/C11H18OS/c1-2-3-11(12)8-6-9-4-5-10(7-8)13-9/h8-10H,2-7H2,1H3. The summed E-state index contributed by atoms with van der Waals surface area (Å²) in [6.07, 6.45) is 6.93. The summed E-state index contributed by atoms with van der Waals surface area (Å²) < 4.78 is 0. The SMILES string of the molecule is CCCC(=O)C1CC2CCC(C1)S2. The molecule has 0 spiro atoms. The molecule has 74 valence electrons. The lowest BCUT2D eigenvalue weighted by Crippen LogP contribution is -2.24. The van der Waals surface area contributed by atoms with Gasteiger partial charge in [0.15, 0.2) is 0 Å². The van der Waals surface area contributed by atoms with E-state index >= 15 is 0 Å². The van der Waals surface area contributed by atoms with Crippen LogP contribution in [0.1, 0.15) is 45.4 Å². The molecule has 2 aliphatic rings. The first kappa shape index (κ1) is 9.57. The number of hydrogen-bond acceptors (Lipinski definition) is 2. The molecular formula is C11H18OS. The van der Waals surface area contributed by atoms with Crippen LogP contribution in [0.25, 0.3) is 0 Å². The Bertz CT molecular complexity index is 190. The molecule has 2 atom stereocenters. The number of hydrogen-bond donors (Lipinski definition) is 0. The average molecular weight is 198 g/mol. The fraction of sp³-hybridized carbons (Fsp3) is 0.909. The maximum absolute atomic E-state index is 11.7. The Morgan fingerprint density at radius 2 is 1.92 bits per heavy atom. The van der Waals surface area contributed by atoms with Crippen LogP contribution in [0.15, 0.2) is 0 Å². The molecule has 2 saturated heterocycles. The Hall–Kier alpha value is 0.0200. The van der Waals surface area contributed by atoms with Crippen LogP contribution in [0.3, 0.4) is 0 Å². The molecule has 0 aromatic heterocycles. The van der Waals surface area contributed by atoms with Crippen molar-refractivity contribution in [3.8, 4) is 0 Å². The van der Waals surface area contributed by atoms with Gasteiger partial charge >= 0.3 is 0 Å². The lowest BCUT2D eigenvalue weighted by Gasteiger charge is -2.26. The summed E-state index contributed by atoms with van der Waals surface area (Å²) in [6.45, 7) is 2.10. The molecule has 2 bridgehead atoms. The molecule has 0 N–H and O–H groups in total. The van der Waals surface area contributed by atoms with Gasteiger partial charge in [-0.25, -0.2) is 0 Å². The average Bonchev–Trinajstić information content (AvgIpc) is 2.46. The van der Waals surface area contributed by atoms with E-state index in [0.29, 0.717) is 11.7 Å². The number of fused-ring (bicyclic) bond motifs is 2. The van der Waals surface area contributed by atoms with Gasteiger partial charge in [-0.2, -0.15) is 11.8 Å². The van der Waals surface area contributed by atoms with Crippen LogP contribution in [0.4, 0.5) is 0 Å². The highest BCUT2D eigenvalue weighted by Crippen LogP contribution is 2.46. The molecule has 2 aliphatic heterocycles. The lowest BCUT2D eigenvalue weighted by molar-refractivity contribution is -0.123. The molecule has 0 radical (unpaired) electrons. The summed E-state index contributed by atoms with van der Waals surface area (Å²) in [4.78, 5) is 11.7. The van der Waals surface area contributed by atoms with Crippen molar-refractivity contribution in [3.63, 3.8) is 0 Å². The van der Waals surface area contributed by atoms with Crippen molar-refractivity contribution in [3.05, 3.63) is 0 Å². The highest BCUT2D eigenvalue weighted by molar-refractivity contribution is 8.00. The monoisotopic (exact) mass is 198 g/mol. The van der Waals surface area contributed by atoms with E-state index in [0.717, 1.165) is 23.3 Å². The van der Waals surface area contributed by atoms with Crippen molar-refractivity contribution in [1.29, 1.82) is 0 Å².